The molecular weight excluding hydrogens is 312 g/mol. The van der Waals surface area contributed by atoms with Crippen LogP contribution in [0.5, 0.6) is 0 Å². The van der Waals surface area contributed by atoms with Crippen LogP contribution in [0.25, 0.3) is 0 Å². The van der Waals surface area contributed by atoms with E-state index < -0.39 is 0 Å². The van der Waals surface area contributed by atoms with Gasteiger partial charge >= 0.3 is 0 Å². The lowest BCUT2D eigenvalue weighted by Crippen LogP contribution is -2.39. The van der Waals surface area contributed by atoms with Crippen LogP contribution in [0.4, 0.5) is 5.95 Å². The summed E-state index contributed by atoms with van der Waals surface area (Å²) in [5, 5.41) is 3.00. The summed E-state index contributed by atoms with van der Waals surface area (Å²) in [6, 6.07) is 10.6. The van der Waals surface area contributed by atoms with Crippen LogP contribution >= 0.6 is 0 Å². The Hall–Kier alpha value is -2.69. The minimum atomic E-state index is 0.0217. The van der Waals surface area contributed by atoms with Gasteiger partial charge in [0.2, 0.25) is 5.95 Å². The Kier molecular flexibility index (Phi) is 5.77. The molecule has 1 aromatic heterocycles. The average molecular weight is 336 g/mol. The molecule has 0 atom stereocenters. The lowest BCUT2D eigenvalue weighted by molar-refractivity contribution is 0.0689. The first-order chi connectivity index (χ1) is 12.3. The maximum absolute atomic E-state index is 12.6. The Morgan fingerprint density at radius 2 is 1.88 bits per heavy atom. The number of hydrogen-bond acceptors (Lipinski definition) is 4. The number of benzene rings is 1. The number of carbonyl (C=O) groups is 1. The quantitative estimate of drug-likeness (QED) is 0.823. The summed E-state index contributed by atoms with van der Waals surface area (Å²) in [5.74, 6) is 1.18. The van der Waals surface area contributed by atoms with Gasteiger partial charge in [-0.15, -0.1) is 6.58 Å². The number of aromatic nitrogens is 2. The molecule has 5 heteroatoms. The van der Waals surface area contributed by atoms with Gasteiger partial charge in [0.05, 0.1) is 5.56 Å². The number of amides is 1. The molecule has 2 aromatic rings. The van der Waals surface area contributed by atoms with E-state index in [1.54, 1.807) is 18.5 Å². The van der Waals surface area contributed by atoms with E-state index in [1.165, 1.54) is 5.56 Å². The van der Waals surface area contributed by atoms with Crippen molar-refractivity contribution in [3.63, 3.8) is 0 Å². The molecule has 1 aliphatic heterocycles. The van der Waals surface area contributed by atoms with Gasteiger partial charge in [-0.2, -0.15) is 0 Å². The topological polar surface area (TPSA) is 58.1 Å². The van der Waals surface area contributed by atoms with Gasteiger partial charge in [0.15, 0.2) is 0 Å². The highest BCUT2D eigenvalue weighted by atomic mass is 16.2. The van der Waals surface area contributed by atoms with Crippen molar-refractivity contribution in [2.75, 3.05) is 25.0 Å². The van der Waals surface area contributed by atoms with Crippen molar-refractivity contribution in [1.82, 2.24) is 14.9 Å². The zero-order chi connectivity index (χ0) is 17.5. The second-order valence-electron chi connectivity index (χ2n) is 6.39. The average Bonchev–Trinajstić information content (AvgIpc) is 2.68. The van der Waals surface area contributed by atoms with Crippen molar-refractivity contribution in [3.8, 4) is 0 Å². The van der Waals surface area contributed by atoms with Gasteiger partial charge in [0.25, 0.3) is 5.91 Å². The molecule has 3 rings (SSSR count). The van der Waals surface area contributed by atoms with E-state index in [4.69, 9.17) is 0 Å². The Labute approximate surface area is 148 Å². The van der Waals surface area contributed by atoms with Crippen LogP contribution in [0.3, 0.4) is 0 Å². The van der Waals surface area contributed by atoms with Gasteiger partial charge in [-0.25, -0.2) is 9.97 Å². The molecule has 0 bridgehead atoms. The fourth-order valence-electron chi connectivity index (χ4n) is 3.16. The van der Waals surface area contributed by atoms with Gasteiger partial charge < -0.3 is 10.2 Å². The lowest BCUT2D eigenvalue weighted by Gasteiger charge is -2.32. The third-order valence-corrected chi connectivity index (χ3v) is 4.57. The molecule has 1 aromatic carbocycles. The molecule has 1 saturated heterocycles. The highest BCUT2D eigenvalue weighted by Crippen LogP contribution is 2.22. The standard InChI is InChI=1S/C20H24N4O/c1-2-10-21-20-22-14-18(15-23-20)19(25)24-11-8-17(9-12-24)13-16-6-4-3-5-7-16/h2-7,14-15,17H,1,8-13H2,(H,21,22,23). The van der Waals surface area contributed by atoms with Gasteiger partial charge in [-0.1, -0.05) is 36.4 Å². The first-order valence-corrected chi connectivity index (χ1v) is 8.76. The molecule has 2 heterocycles. The molecule has 25 heavy (non-hydrogen) atoms. The zero-order valence-corrected chi connectivity index (χ0v) is 14.4. The summed E-state index contributed by atoms with van der Waals surface area (Å²) in [7, 11) is 0. The van der Waals surface area contributed by atoms with E-state index in [0.29, 0.717) is 24.0 Å². The molecule has 0 radical (unpaired) electrons. The maximum Gasteiger partial charge on any atom is 0.256 e. The number of carbonyl (C=O) groups excluding carboxylic acids is 1. The van der Waals surface area contributed by atoms with Crippen molar-refractivity contribution in [3.05, 3.63) is 66.5 Å². The number of anilines is 1. The number of piperidine rings is 1. The van der Waals surface area contributed by atoms with Crippen molar-refractivity contribution in [2.24, 2.45) is 5.92 Å². The van der Waals surface area contributed by atoms with Gasteiger partial charge in [0, 0.05) is 32.0 Å². The van der Waals surface area contributed by atoms with Crippen LogP contribution in [0, 0.1) is 5.92 Å². The number of likely N-dealkylation sites (tertiary alicyclic amines) is 1. The van der Waals surface area contributed by atoms with Gasteiger partial charge in [-0.05, 0) is 30.7 Å². The van der Waals surface area contributed by atoms with Crippen LogP contribution in [0.1, 0.15) is 28.8 Å². The minimum absolute atomic E-state index is 0.0217. The van der Waals surface area contributed by atoms with Crippen LogP contribution in [-0.4, -0.2) is 40.4 Å². The summed E-state index contributed by atoms with van der Waals surface area (Å²) < 4.78 is 0. The summed E-state index contributed by atoms with van der Waals surface area (Å²) in [4.78, 5) is 22.9. The van der Waals surface area contributed by atoms with E-state index in [-0.39, 0.29) is 5.91 Å². The third-order valence-electron chi connectivity index (χ3n) is 4.57. The number of hydrogen-bond donors (Lipinski definition) is 1. The third kappa shape index (κ3) is 4.66. The summed E-state index contributed by atoms with van der Waals surface area (Å²) in [5.41, 5.74) is 1.92. The molecule has 1 N–H and O–H groups in total. The molecule has 5 nitrogen and oxygen atoms in total. The molecule has 130 valence electrons. The molecule has 1 aliphatic rings. The van der Waals surface area contributed by atoms with Crippen molar-refractivity contribution >= 4 is 11.9 Å². The fraction of sp³-hybridized carbons (Fsp3) is 0.350. The van der Waals surface area contributed by atoms with Crippen LogP contribution in [0.15, 0.2) is 55.4 Å². The second kappa shape index (κ2) is 8.42. The van der Waals surface area contributed by atoms with Crippen LogP contribution in [0.2, 0.25) is 0 Å². The number of nitrogens with zero attached hydrogens (tertiary/aromatic N) is 3. The Bertz CT molecular complexity index is 691. The smallest absolute Gasteiger partial charge is 0.256 e. The first-order valence-electron chi connectivity index (χ1n) is 8.76. The Morgan fingerprint density at radius 1 is 1.20 bits per heavy atom. The van der Waals surface area contributed by atoms with Crippen molar-refractivity contribution in [1.29, 1.82) is 0 Å². The van der Waals surface area contributed by atoms with E-state index in [1.807, 2.05) is 11.0 Å². The molecule has 0 aliphatic carbocycles. The predicted octanol–water partition coefficient (Wildman–Crippen LogP) is 3.17. The zero-order valence-electron chi connectivity index (χ0n) is 14.4. The number of nitrogens with one attached hydrogen (secondary N) is 1. The first kappa shape index (κ1) is 17.1. The highest BCUT2D eigenvalue weighted by Gasteiger charge is 2.24. The van der Waals surface area contributed by atoms with Crippen molar-refractivity contribution in [2.45, 2.75) is 19.3 Å². The largest absolute Gasteiger partial charge is 0.351 e. The van der Waals surface area contributed by atoms with E-state index in [0.717, 1.165) is 32.4 Å². The maximum atomic E-state index is 12.6. The normalized spacial score (nSPS) is 15.0. The summed E-state index contributed by atoms with van der Waals surface area (Å²) >= 11 is 0. The minimum Gasteiger partial charge on any atom is -0.351 e. The van der Waals surface area contributed by atoms with E-state index >= 15 is 0 Å². The lowest BCUT2D eigenvalue weighted by atomic mass is 9.90. The summed E-state index contributed by atoms with van der Waals surface area (Å²) in [6.07, 6.45) is 8.10. The molecule has 0 saturated carbocycles. The molecule has 0 unspecified atom stereocenters. The molecule has 1 fully saturated rings. The Morgan fingerprint density at radius 3 is 2.52 bits per heavy atom. The number of rotatable bonds is 6. The monoisotopic (exact) mass is 336 g/mol. The van der Waals surface area contributed by atoms with Crippen LogP contribution in [-0.2, 0) is 6.42 Å². The SMILES string of the molecule is C=CCNc1ncc(C(=O)N2CCC(Cc3ccccc3)CC2)cn1. The highest BCUT2D eigenvalue weighted by molar-refractivity contribution is 5.93. The molecule has 1 amide bonds. The van der Waals surface area contributed by atoms with Gasteiger partial charge in [0.1, 0.15) is 0 Å². The second-order valence-corrected chi connectivity index (χ2v) is 6.39. The van der Waals surface area contributed by atoms with E-state index in [2.05, 4.69) is 46.1 Å². The summed E-state index contributed by atoms with van der Waals surface area (Å²) in [6.45, 7) is 5.83. The van der Waals surface area contributed by atoms with Gasteiger partial charge in [-0.3, -0.25) is 4.79 Å². The Balaban J connectivity index is 1.51. The van der Waals surface area contributed by atoms with Crippen LogP contribution < -0.4 is 5.32 Å². The molecular formula is C20H24N4O. The fourth-order valence-corrected chi connectivity index (χ4v) is 3.16. The van der Waals surface area contributed by atoms with Crippen molar-refractivity contribution < 1.29 is 4.79 Å². The molecule has 0 spiro atoms. The van der Waals surface area contributed by atoms with E-state index in [9.17, 15) is 4.79 Å². The predicted molar refractivity (Wildman–Crippen MR) is 99.5 cm³/mol.